The summed E-state index contributed by atoms with van der Waals surface area (Å²) in [4.78, 5) is 6.05. The molecule has 0 aliphatic carbocycles. The smallest absolute Gasteiger partial charge is 0.213 e. The lowest BCUT2D eigenvalue weighted by atomic mass is 10.3. The molecule has 0 bridgehead atoms. The van der Waals surface area contributed by atoms with Gasteiger partial charge in [-0.15, -0.1) is 0 Å². The fourth-order valence-corrected chi connectivity index (χ4v) is 0.826. The zero-order valence-corrected chi connectivity index (χ0v) is 8.95. The topological polar surface area (TPSA) is 25.4 Å². The van der Waals surface area contributed by atoms with Crippen molar-refractivity contribution in [1.29, 1.82) is 0 Å². The maximum Gasteiger partial charge on any atom is 0.213 e. The van der Waals surface area contributed by atoms with Gasteiger partial charge < -0.3 is 9.64 Å². The lowest BCUT2D eigenvalue weighted by Gasteiger charge is -2.15. The molecule has 0 aromatic carbocycles. The standard InChI is InChI=1S/C11H16N2O/c1-9-5-6-11(12-7-9)14-8-10(2)13(3)4/h5-7H,2,8H2,1,3-4H3. The van der Waals surface area contributed by atoms with Gasteiger partial charge in [-0.05, 0) is 12.5 Å². The molecule has 1 heterocycles. The van der Waals surface area contributed by atoms with Crippen molar-refractivity contribution >= 4 is 0 Å². The number of aromatic nitrogens is 1. The second kappa shape index (κ2) is 4.65. The van der Waals surface area contributed by atoms with E-state index < -0.39 is 0 Å². The number of ether oxygens (including phenoxy) is 1. The van der Waals surface area contributed by atoms with Crippen LogP contribution < -0.4 is 4.74 Å². The first-order valence-corrected chi connectivity index (χ1v) is 4.50. The van der Waals surface area contributed by atoms with Crippen LogP contribution in [0.1, 0.15) is 5.56 Å². The highest BCUT2D eigenvalue weighted by Gasteiger charge is 1.98. The van der Waals surface area contributed by atoms with Crippen LogP contribution in [0, 0.1) is 6.92 Å². The summed E-state index contributed by atoms with van der Waals surface area (Å²) in [5.41, 5.74) is 2.05. The van der Waals surface area contributed by atoms with E-state index in [1.54, 1.807) is 6.20 Å². The van der Waals surface area contributed by atoms with Crippen LogP contribution in [0.2, 0.25) is 0 Å². The normalized spacial score (nSPS) is 9.64. The van der Waals surface area contributed by atoms with Crippen LogP contribution in [-0.2, 0) is 0 Å². The van der Waals surface area contributed by atoms with Crippen LogP contribution >= 0.6 is 0 Å². The Morgan fingerprint density at radius 3 is 2.71 bits per heavy atom. The molecular formula is C11H16N2O. The van der Waals surface area contributed by atoms with E-state index in [0.29, 0.717) is 12.5 Å². The number of nitrogens with zero attached hydrogens (tertiary/aromatic N) is 2. The SMILES string of the molecule is C=C(COc1ccc(C)cn1)N(C)C. The van der Waals surface area contributed by atoms with E-state index in [2.05, 4.69) is 11.6 Å². The summed E-state index contributed by atoms with van der Waals surface area (Å²) in [7, 11) is 3.88. The number of likely N-dealkylation sites (N-methyl/N-ethyl adjacent to an activating group) is 1. The highest BCUT2D eigenvalue weighted by Crippen LogP contribution is 2.07. The van der Waals surface area contributed by atoms with E-state index in [1.807, 2.05) is 38.1 Å². The van der Waals surface area contributed by atoms with Gasteiger partial charge in [0.05, 0.1) is 0 Å². The van der Waals surface area contributed by atoms with E-state index in [4.69, 9.17) is 4.74 Å². The summed E-state index contributed by atoms with van der Waals surface area (Å²) in [6.45, 7) is 6.33. The van der Waals surface area contributed by atoms with Crippen molar-refractivity contribution in [2.75, 3.05) is 20.7 Å². The highest BCUT2D eigenvalue weighted by molar-refractivity contribution is 5.16. The molecule has 0 amide bonds. The summed E-state index contributed by atoms with van der Waals surface area (Å²) in [6, 6.07) is 3.83. The van der Waals surface area contributed by atoms with E-state index in [9.17, 15) is 0 Å². The van der Waals surface area contributed by atoms with Gasteiger partial charge in [0.1, 0.15) is 6.61 Å². The van der Waals surface area contributed by atoms with Crippen LogP contribution in [0.25, 0.3) is 0 Å². The third-order valence-corrected chi connectivity index (χ3v) is 1.90. The molecule has 0 radical (unpaired) electrons. The fourth-order valence-electron chi connectivity index (χ4n) is 0.826. The van der Waals surface area contributed by atoms with Gasteiger partial charge in [0, 0.05) is 32.1 Å². The number of hydrogen-bond acceptors (Lipinski definition) is 3. The van der Waals surface area contributed by atoms with Crippen LogP contribution in [0.3, 0.4) is 0 Å². The summed E-state index contributed by atoms with van der Waals surface area (Å²) in [5, 5.41) is 0. The van der Waals surface area contributed by atoms with E-state index in [1.165, 1.54) is 0 Å². The fraction of sp³-hybridized carbons (Fsp3) is 0.364. The number of aryl methyl sites for hydroxylation is 1. The van der Waals surface area contributed by atoms with Gasteiger partial charge in [-0.25, -0.2) is 4.98 Å². The molecule has 0 unspecified atom stereocenters. The Morgan fingerprint density at radius 2 is 2.21 bits per heavy atom. The summed E-state index contributed by atoms with van der Waals surface area (Å²) in [6.07, 6.45) is 1.79. The van der Waals surface area contributed by atoms with E-state index in [0.717, 1.165) is 11.3 Å². The van der Waals surface area contributed by atoms with Crippen molar-refractivity contribution in [2.24, 2.45) is 0 Å². The molecule has 1 aromatic rings. The van der Waals surface area contributed by atoms with Gasteiger partial charge in [-0.2, -0.15) is 0 Å². The van der Waals surface area contributed by atoms with Crippen molar-refractivity contribution in [3.8, 4) is 5.88 Å². The Hall–Kier alpha value is -1.51. The summed E-state index contributed by atoms with van der Waals surface area (Å²) < 4.78 is 5.43. The molecular weight excluding hydrogens is 176 g/mol. The molecule has 0 N–H and O–H groups in total. The molecule has 76 valence electrons. The second-order valence-corrected chi connectivity index (χ2v) is 3.42. The lowest BCUT2D eigenvalue weighted by Crippen LogP contribution is -2.16. The van der Waals surface area contributed by atoms with Crippen molar-refractivity contribution in [3.05, 3.63) is 36.2 Å². The van der Waals surface area contributed by atoms with Crippen LogP contribution in [0.5, 0.6) is 5.88 Å². The van der Waals surface area contributed by atoms with E-state index in [-0.39, 0.29) is 0 Å². The van der Waals surface area contributed by atoms with Gasteiger partial charge in [0.2, 0.25) is 5.88 Å². The predicted molar refractivity (Wildman–Crippen MR) is 57.3 cm³/mol. The minimum Gasteiger partial charge on any atom is -0.471 e. The molecule has 1 aromatic heterocycles. The first-order chi connectivity index (χ1) is 6.59. The van der Waals surface area contributed by atoms with Crippen LogP contribution in [0.4, 0.5) is 0 Å². The van der Waals surface area contributed by atoms with Crippen molar-refractivity contribution in [2.45, 2.75) is 6.92 Å². The molecule has 3 heteroatoms. The van der Waals surface area contributed by atoms with Gasteiger partial charge in [0.25, 0.3) is 0 Å². The highest BCUT2D eigenvalue weighted by atomic mass is 16.5. The number of hydrogen-bond donors (Lipinski definition) is 0. The zero-order valence-electron chi connectivity index (χ0n) is 8.95. The predicted octanol–water partition coefficient (Wildman–Crippen LogP) is 1.84. The van der Waals surface area contributed by atoms with Crippen LogP contribution in [-0.4, -0.2) is 30.6 Å². The van der Waals surface area contributed by atoms with E-state index >= 15 is 0 Å². The maximum absolute atomic E-state index is 5.43. The molecule has 0 spiro atoms. The minimum atomic E-state index is 0.475. The molecule has 14 heavy (non-hydrogen) atoms. The molecule has 0 aliphatic heterocycles. The Labute approximate surface area is 85.0 Å². The van der Waals surface area contributed by atoms with Crippen molar-refractivity contribution in [1.82, 2.24) is 9.88 Å². The van der Waals surface area contributed by atoms with Crippen molar-refractivity contribution < 1.29 is 4.74 Å². The van der Waals surface area contributed by atoms with Gasteiger partial charge in [0.15, 0.2) is 0 Å². The number of rotatable bonds is 4. The van der Waals surface area contributed by atoms with Gasteiger partial charge >= 0.3 is 0 Å². The van der Waals surface area contributed by atoms with Crippen molar-refractivity contribution in [3.63, 3.8) is 0 Å². The molecule has 0 saturated heterocycles. The quantitative estimate of drug-likeness (QED) is 0.728. The monoisotopic (exact) mass is 192 g/mol. The summed E-state index contributed by atoms with van der Waals surface area (Å²) in [5.74, 6) is 0.638. The Kier molecular flexibility index (Phi) is 3.51. The molecule has 0 atom stereocenters. The van der Waals surface area contributed by atoms with Gasteiger partial charge in [-0.1, -0.05) is 12.6 Å². The average Bonchev–Trinajstić information content (AvgIpc) is 2.16. The lowest BCUT2D eigenvalue weighted by molar-refractivity contribution is 0.300. The van der Waals surface area contributed by atoms with Crippen LogP contribution in [0.15, 0.2) is 30.6 Å². The molecule has 0 fully saturated rings. The largest absolute Gasteiger partial charge is 0.471 e. The average molecular weight is 192 g/mol. The Bertz CT molecular complexity index is 304. The third kappa shape index (κ3) is 3.09. The first-order valence-electron chi connectivity index (χ1n) is 4.50. The molecule has 1 rings (SSSR count). The summed E-state index contributed by atoms with van der Waals surface area (Å²) >= 11 is 0. The molecule has 3 nitrogen and oxygen atoms in total. The van der Waals surface area contributed by atoms with Gasteiger partial charge in [-0.3, -0.25) is 0 Å². The minimum absolute atomic E-state index is 0.475. The first kappa shape index (κ1) is 10.6. The third-order valence-electron chi connectivity index (χ3n) is 1.90. The second-order valence-electron chi connectivity index (χ2n) is 3.42. The number of pyridine rings is 1. The Balaban J connectivity index is 2.46. The Morgan fingerprint density at radius 1 is 1.50 bits per heavy atom. The maximum atomic E-state index is 5.43. The zero-order chi connectivity index (χ0) is 10.6. The molecule has 0 aliphatic rings. The molecule has 0 saturated carbocycles.